The van der Waals surface area contributed by atoms with Gasteiger partial charge < -0.3 is 9.80 Å². The fourth-order valence-electron chi connectivity index (χ4n) is 3.50. The van der Waals surface area contributed by atoms with Crippen LogP contribution in [0.2, 0.25) is 0 Å². The molecule has 27 heavy (non-hydrogen) atoms. The molecule has 142 valence electrons. The summed E-state index contributed by atoms with van der Waals surface area (Å²) in [5, 5.41) is 0. The molecule has 0 aromatic heterocycles. The summed E-state index contributed by atoms with van der Waals surface area (Å²) in [5.74, 6) is 0.134. The summed E-state index contributed by atoms with van der Waals surface area (Å²) in [6.07, 6.45) is 1.52. The van der Waals surface area contributed by atoms with Crippen LogP contribution in [0.1, 0.15) is 40.7 Å². The van der Waals surface area contributed by atoms with Crippen LogP contribution in [0.4, 0.5) is 5.69 Å². The number of aryl methyl sites for hydroxylation is 2. The second-order valence-corrected chi connectivity index (χ2v) is 7.28. The third kappa shape index (κ3) is 4.97. The first-order valence-electron chi connectivity index (χ1n) is 9.73. The summed E-state index contributed by atoms with van der Waals surface area (Å²) in [7, 11) is 0. The molecule has 1 aliphatic rings. The number of nitrogens with zero attached hydrogens (tertiary/aromatic N) is 2. The second-order valence-electron chi connectivity index (χ2n) is 7.28. The number of hydrogen-bond acceptors (Lipinski definition) is 3. The molecule has 1 amide bonds. The van der Waals surface area contributed by atoms with Crippen LogP contribution < -0.4 is 4.90 Å². The van der Waals surface area contributed by atoms with Gasteiger partial charge in [-0.3, -0.25) is 9.59 Å². The van der Waals surface area contributed by atoms with Crippen LogP contribution in [0.3, 0.4) is 0 Å². The van der Waals surface area contributed by atoms with E-state index in [9.17, 15) is 9.59 Å². The van der Waals surface area contributed by atoms with Crippen LogP contribution in [0.5, 0.6) is 0 Å². The first-order chi connectivity index (χ1) is 13.0. The molecule has 0 saturated carbocycles. The molecule has 1 heterocycles. The zero-order valence-electron chi connectivity index (χ0n) is 16.3. The zero-order chi connectivity index (χ0) is 19.2. The van der Waals surface area contributed by atoms with Crippen molar-refractivity contribution in [3.05, 3.63) is 65.2 Å². The fraction of sp³-hybridized carbons (Fsp3) is 0.391. The highest BCUT2D eigenvalue weighted by Crippen LogP contribution is 2.17. The molecule has 2 aromatic carbocycles. The SMILES string of the molecule is Cc1ccc(C(=O)CCC(=O)N2CCCN(c3ccccc3)CC2)cc1C. The van der Waals surface area contributed by atoms with E-state index in [2.05, 4.69) is 17.0 Å². The van der Waals surface area contributed by atoms with E-state index in [-0.39, 0.29) is 24.5 Å². The van der Waals surface area contributed by atoms with Gasteiger partial charge in [0.1, 0.15) is 0 Å². The standard InChI is InChI=1S/C23H28N2O2/c1-18-9-10-20(17-19(18)2)22(26)11-12-23(27)25-14-6-13-24(15-16-25)21-7-4-3-5-8-21/h3-5,7-10,17H,6,11-16H2,1-2H3. The largest absolute Gasteiger partial charge is 0.370 e. The maximum absolute atomic E-state index is 12.6. The number of benzene rings is 2. The predicted molar refractivity (Wildman–Crippen MR) is 109 cm³/mol. The first kappa shape index (κ1) is 19.2. The van der Waals surface area contributed by atoms with Crippen molar-refractivity contribution in [3.63, 3.8) is 0 Å². The van der Waals surface area contributed by atoms with Crippen molar-refractivity contribution >= 4 is 17.4 Å². The van der Waals surface area contributed by atoms with Crippen molar-refractivity contribution < 1.29 is 9.59 Å². The van der Waals surface area contributed by atoms with Crippen molar-refractivity contribution in [3.8, 4) is 0 Å². The average molecular weight is 364 g/mol. The van der Waals surface area contributed by atoms with E-state index >= 15 is 0 Å². The van der Waals surface area contributed by atoms with Gasteiger partial charge in [-0.2, -0.15) is 0 Å². The predicted octanol–water partition coefficient (Wildman–Crippen LogP) is 4.01. The lowest BCUT2D eigenvalue weighted by Gasteiger charge is -2.23. The Labute approximate surface area is 161 Å². The normalized spacial score (nSPS) is 14.7. The van der Waals surface area contributed by atoms with Crippen LogP contribution in [-0.4, -0.2) is 42.8 Å². The van der Waals surface area contributed by atoms with E-state index in [0.29, 0.717) is 12.1 Å². The minimum absolute atomic E-state index is 0.0483. The molecule has 0 radical (unpaired) electrons. The summed E-state index contributed by atoms with van der Waals surface area (Å²) >= 11 is 0. The molecule has 1 aliphatic heterocycles. The van der Waals surface area contributed by atoms with Gasteiger partial charge in [0.2, 0.25) is 5.91 Å². The Balaban J connectivity index is 1.52. The Morgan fingerprint density at radius 3 is 2.37 bits per heavy atom. The zero-order valence-corrected chi connectivity index (χ0v) is 16.3. The van der Waals surface area contributed by atoms with Crippen LogP contribution in [0.25, 0.3) is 0 Å². The topological polar surface area (TPSA) is 40.6 Å². The number of rotatable bonds is 5. The van der Waals surface area contributed by atoms with Gasteiger partial charge in [0.15, 0.2) is 5.78 Å². The number of ketones is 1. The fourth-order valence-corrected chi connectivity index (χ4v) is 3.50. The number of carbonyl (C=O) groups is 2. The van der Waals surface area contributed by atoms with Gasteiger partial charge in [-0.05, 0) is 49.6 Å². The molecule has 4 nitrogen and oxygen atoms in total. The molecule has 0 spiro atoms. The molecule has 2 aromatic rings. The highest BCUT2D eigenvalue weighted by Gasteiger charge is 2.20. The van der Waals surface area contributed by atoms with Gasteiger partial charge in [-0.1, -0.05) is 30.3 Å². The van der Waals surface area contributed by atoms with E-state index in [1.165, 1.54) is 11.3 Å². The van der Waals surface area contributed by atoms with Gasteiger partial charge in [-0.15, -0.1) is 0 Å². The van der Waals surface area contributed by atoms with Gasteiger partial charge >= 0.3 is 0 Å². The van der Waals surface area contributed by atoms with Gasteiger partial charge in [0, 0.05) is 50.3 Å². The third-order valence-corrected chi connectivity index (χ3v) is 5.36. The van der Waals surface area contributed by atoms with Crippen molar-refractivity contribution in [2.45, 2.75) is 33.1 Å². The molecule has 0 unspecified atom stereocenters. The van der Waals surface area contributed by atoms with E-state index in [4.69, 9.17) is 0 Å². The molecule has 1 saturated heterocycles. The van der Waals surface area contributed by atoms with E-state index in [1.807, 2.05) is 55.1 Å². The Kier molecular flexibility index (Phi) is 6.28. The maximum atomic E-state index is 12.6. The van der Waals surface area contributed by atoms with Gasteiger partial charge in [0.05, 0.1) is 0 Å². The minimum atomic E-state index is 0.0483. The Bertz CT molecular complexity index is 801. The highest BCUT2D eigenvalue weighted by molar-refractivity contribution is 5.98. The number of Topliss-reactive ketones (excluding diaryl/α,β-unsaturated/α-hetero) is 1. The number of carbonyl (C=O) groups excluding carboxylic acids is 2. The summed E-state index contributed by atoms with van der Waals surface area (Å²) in [4.78, 5) is 29.3. The summed E-state index contributed by atoms with van der Waals surface area (Å²) in [5.41, 5.74) is 4.20. The molecule has 0 atom stereocenters. The van der Waals surface area contributed by atoms with Gasteiger partial charge in [-0.25, -0.2) is 0 Å². The van der Waals surface area contributed by atoms with Crippen LogP contribution in [0, 0.1) is 13.8 Å². The lowest BCUT2D eigenvalue weighted by Crippen LogP contribution is -2.35. The van der Waals surface area contributed by atoms with E-state index < -0.39 is 0 Å². The van der Waals surface area contributed by atoms with E-state index in [0.717, 1.165) is 31.6 Å². The lowest BCUT2D eigenvalue weighted by molar-refractivity contribution is -0.130. The molecule has 0 aliphatic carbocycles. The first-order valence-corrected chi connectivity index (χ1v) is 9.73. The quantitative estimate of drug-likeness (QED) is 0.753. The Morgan fingerprint density at radius 2 is 1.63 bits per heavy atom. The van der Waals surface area contributed by atoms with Crippen molar-refractivity contribution in [2.24, 2.45) is 0 Å². The highest BCUT2D eigenvalue weighted by atomic mass is 16.2. The van der Waals surface area contributed by atoms with E-state index in [1.54, 1.807) is 0 Å². The molecule has 0 N–H and O–H groups in total. The number of anilines is 1. The summed E-state index contributed by atoms with van der Waals surface area (Å²) in [6.45, 7) is 7.31. The smallest absolute Gasteiger partial charge is 0.223 e. The molecule has 3 rings (SSSR count). The maximum Gasteiger partial charge on any atom is 0.223 e. The third-order valence-electron chi connectivity index (χ3n) is 5.36. The average Bonchev–Trinajstić information content (AvgIpc) is 2.95. The monoisotopic (exact) mass is 364 g/mol. The van der Waals surface area contributed by atoms with Crippen molar-refractivity contribution in [1.82, 2.24) is 4.90 Å². The molecule has 1 fully saturated rings. The van der Waals surface area contributed by atoms with Crippen molar-refractivity contribution in [1.29, 1.82) is 0 Å². The van der Waals surface area contributed by atoms with Crippen LogP contribution in [-0.2, 0) is 4.79 Å². The van der Waals surface area contributed by atoms with Crippen molar-refractivity contribution in [2.75, 3.05) is 31.1 Å². The molecular formula is C23H28N2O2. The number of hydrogen-bond donors (Lipinski definition) is 0. The van der Waals surface area contributed by atoms with Gasteiger partial charge in [0.25, 0.3) is 0 Å². The number of amides is 1. The summed E-state index contributed by atoms with van der Waals surface area (Å²) < 4.78 is 0. The molecule has 4 heteroatoms. The number of para-hydroxylation sites is 1. The van der Waals surface area contributed by atoms with Crippen LogP contribution in [0.15, 0.2) is 48.5 Å². The minimum Gasteiger partial charge on any atom is -0.370 e. The molecule has 0 bridgehead atoms. The Morgan fingerprint density at radius 1 is 0.852 bits per heavy atom. The Hall–Kier alpha value is -2.62. The lowest BCUT2D eigenvalue weighted by atomic mass is 10.0. The molecular weight excluding hydrogens is 336 g/mol. The van der Waals surface area contributed by atoms with Crippen LogP contribution >= 0.6 is 0 Å². The summed E-state index contributed by atoms with van der Waals surface area (Å²) in [6, 6.07) is 16.1. The second kappa shape index (κ2) is 8.85.